The maximum Gasteiger partial charge on any atom is 0.335 e. The molecule has 2 rings (SSSR count). The number of ether oxygens (including phenoxy) is 1. The number of carbonyl (C=O) groups is 1. The number of rotatable bonds is 11. The monoisotopic (exact) mass is 420 g/mol. The largest absolute Gasteiger partial charge is 0.497 e. The van der Waals surface area contributed by atoms with Crippen LogP contribution in [0.5, 0.6) is 5.75 Å². The highest BCUT2D eigenvalue weighted by atomic mass is 32.2. The van der Waals surface area contributed by atoms with Crippen LogP contribution in [0.2, 0.25) is 0 Å². The van der Waals surface area contributed by atoms with Crippen molar-refractivity contribution in [2.24, 2.45) is 0 Å². The van der Waals surface area contributed by atoms with Crippen molar-refractivity contribution >= 4 is 21.7 Å². The van der Waals surface area contributed by atoms with E-state index in [-0.39, 0.29) is 23.0 Å². The molecule has 7 nitrogen and oxygen atoms in total. The zero-order chi connectivity index (χ0) is 21.4. The van der Waals surface area contributed by atoms with Gasteiger partial charge in [-0.3, -0.25) is 0 Å². The number of hydrogen-bond acceptors (Lipinski definition) is 5. The van der Waals surface area contributed by atoms with Crippen LogP contribution in [-0.4, -0.2) is 39.2 Å². The van der Waals surface area contributed by atoms with Crippen LogP contribution >= 0.6 is 0 Å². The Balaban J connectivity index is 2.18. The molecule has 0 bridgehead atoms. The zero-order valence-electron chi connectivity index (χ0n) is 16.9. The Kier molecular flexibility index (Phi) is 8.04. The quantitative estimate of drug-likeness (QED) is 0.514. The Bertz CT molecular complexity index is 927. The number of hydrogen-bond donors (Lipinski definition) is 3. The number of sulfonamides is 1. The highest BCUT2D eigenvalue weighted by Gasteiger charge is 2.21. The maximum absolute atomic E-state index is 12.9. The summed E-state index contributed by atoms with van der Waals surface area (Å²) < 4.78 is 33.5. The van der Waals surface area contributed by atoms with Gasteiger partial charge in [0.15, 0.2) is 0 Å². The van der Waals surface area contributed by atoms with Crippen LogP contribution in [0.3, 0.4) is 0 Å². The highest BCUT2D eigenvalue weighted by Crippen LogP contribution is 2.24. The molecule has 0 spiro atoms. The first-order chi connectivity index (χ1) is 13.8. The van der Waals surface area contributed by atoms with E-state index in [1.807, 2.05) is 38.1 Å². The van der Waals surface area contributed by atoms with Gasteiger partial charge in [0, 0.05) is 12.6 Å². The van der Waals surface area contributed by atoms with Gasteiger partial charge in [-0.15, -0.1) is 0 Å². The van der Waals surface area contributed by atoms with Gasteiger partial charge in [0.2, 0.25) is 10.0 Å². The summed E-state index contributed by atoms with van der Waals surface area (Å²) in [6.45, 7) is 4.20. The zero-order valence-corrected chi connectivity index (χ0v) is 17.8. The van der Waals surface area contributed by atoms with Gasteiger partial charge in [0.1, 0.15) is 10.6 Å². The van der Waals surface area contributed by atoms with Crippen molar-refractivity contribution in [3.63, 3.8) is 0 Å². The van der Waals surface area contributed by atoms with E-state index < -0.39 is 16.0 Å². The molecule has 0 amide bonds. The summed E-state index contributed by atoms with van der Waals surface area (Å²) in [5, 5.41) is 12.4. The Morgan fingerprint density at radius 2 is 1.86 bits per heavy atom. The summed E-state index contributed by atoms with van der Waals surface area (Å²) in [6, 6.07) is 11.5. The minimum Gasteiger partial charge on any atom is -0.497 e. The summed E-state index contributed by atoms with van der Waals surface area (Å²) in [4.78, 5) is 11.3. The number of aromatic carboxylic acids is 1. The molecule has 2 aromatic carbocycles. The predicted molar refractivity (Wildman–Crippen MR) is 113 cm³/mol. The Morgan fingerprint density at radius 3 is 2.45 bits per heavy atom. The van der Waals surface area contributed by atoms with Crippen molar-refractivity contribution in [1.29, 1.82) is 0 Å². The first kappa shape index (κ1) is 22.7. The van der Waals surface area contributed by atoms with Gasteiger partial charge in [-0.2, -0.15) is 0 Å². The lowest BCUT2D eigenvalue weighted by Gasteiger charge is -2.18. The third-order valence-corrected chi connectivity index (χ3v) is 6.01. The molecule has 1 atom stereocenters. The molecular formula is C21H28N2O5S. The molecule has 8 heteroatoms. The summed E-state index contributed by atoms with van der Waals surface area (Å²) in [5.74, 6) is -0.440. The second-order valence-corrected chi connectivity index (χ2v) is 8.58. The van der Waals surface area contributed by atoms with Crippen molar-refractivity contribution in [3.8, 4) is 5.75 Å². The molecule has 3 N–H and O–H groups in total. The van der Waals surface area contributed by atoms with Crippen LogP contribution in [0.15, 0.2) is 47.4 Å². The molecule has 2 aromatic rings. The highest BCUT2D eigenvalue weighted by molar-refractivity contribution is 7.89. The molecule has 0 aromatic heterocycles. The maximum atomic E-state index is 12.9. The third kappa shape index (κ3) is 6.47. The van der Waals surface area contributed by atoms with E-state index in [4.69, 9.17) is 4.74 Å². The molecular weight excluding hydrogens is 392 g/mol. The van der Waals surface area contributed by atoms with E-state index in [0.717, 1.165) is 24.2 Å². The molecule has 0 saturated carbocycles. The number of benzene rings is 2. The van der Waals surface area contributed by atoms with E-state index in [9.17, 15) is 18.3 Å². The molecule has 0 fully saturated rings. The van der Waals surface area contributed by atoms with E-state index >= 15 is 0 Å². The first-order valence-corrected chi connectivity index (χ1v) is 11.0. The fourth-order valence-corrected chi connectivity index (χ4v) is 4.19. The number of anilines is 1. The predicted octanol–water partition coefficient (Wildman–Crippen LogP) is 3.51. The fraction of sp³-hybridized carbons (Fsp3) is 0.381. The van der Waals surface area contributed by atoms with E-state index in [1.54, 1.807) is 7.11 Å². The molecule has 158 valence electrons. The molecule has 0 radical (unpaired) electrons. The van der Waals surface area contributed by atoms with Crippen LogP contribution in [0.4, 0.5) is 5.69 Å². The van der Waals surface area contributed by atoms with Crippen molar-refractivity contribution in [2.45, 2.75) is 44.0 Å². The minimum absolute atomic E-state index is 0.0592. The number of nitrogens with one attached hydrogen (secondary N) is 2. The van der Waals surface area contributed by atoms with E-state index in [2.05, 4.69) is 10.0 Å². The SMILES string of the molecule is CCCC(C)Nc1ccc(C(=O)O)cc1S(=O)(=O)NCCc1ccc(OC)cc1. The molecule has 0 aliphatic carbocycles. The molecule has 0 heterocycles. The van der Waals surface area contributed by atoms with Gasteiger partial charge >= 0.3 is 5.97 Å². The average Bonchev–Trinajstić information content (AvgIpc) is 2.68. The second kappa shape index (κ2) is 10.3. The van der Waals surface area contributed by atoms with Gasteiger partial charge < -0.3 is 15.2 Å². The van der Waals surface area contributed by atoms with E-state index in [1.165, 1.54) is 18.2 Å². The first-order valence-electron chi connectivity index (χ1n) is 9.53. The van der Waals surface area contributed by atoms with Crippen LogP contribution < -0.4 is 14.8 Å². The summed E-state index contributed by atoms with van der Waals surface area (Å²) in [6.07, 6.45) is 2.31. The third-order valence-electron chi connectivity index (χ3n) is 4.51. The number of carboxylic acid groups (broad SMARTS) is 1. The van der Waals surface area contributed by atoms with E-state index in [0.29, 0.717) is 12.1 Å². The van der Waals surface area contributed by atoms with Crippen molar-refractivity contribution in [1.82, 2.24) is 4.72 Å². The van der Waals surface area contributed by atoms with Crippen LogP contribution in [0.25, 0.3) is 0 Å². The molecule has 0 aliphatic heterocycles. The standard InChI is InChI=1S/C21H28N2O5S/c1-4-5-15(2)23-19-11-8-17(21(24)25)14-20(19)29(26,27)22-13-12-16-6-9-18(28-3)10-7-16/h6-11,14-15,22-23H,4-5,12-13H2,1-3H3,(H,24,25). The van der Waals surface area contributed by atoms with Gasteiger partial charge in [-0.25, -0.2) is 17.9 Å². The lowest BCUT2D eigenvalue weighted by atomic mass is 10.1. The van der Waals surface area contributed by atoms with Crippen molar-refractivity contribution in [3.05, 3.63) is 53.6 Å². The van der Waals surface area contributed by atoms with Crippen molar-refractivity contribution < 1.29 is 23.1 Å². The van der Waals surface area contributed by atoms with Gasteiger partial charge in [0.25, 0.3) is 0 Å². The summed E-state index contributed by atoms with van der Waals surface area (Å²) in [7, 11) is -2.31. The Hall–Kier alpha value is -2.58. The fourth-order valence-electron chi connectivity index (χ4n) is 2.97. The lowest BCUT2D eigenvalue weighted by molar-refractivity contribution is 0.0696. The van der Waals surface area contributed by atoms with Crippen LogP contribution in [0.1, 0.15) is 42.6 Å². The number of methoxy groups -OCH3 is 1. The van der Waals surface area contributed by atoms with Gasteiger partial charge in [-0.05, 0) is 55.7 Å². The van der Waals surface area contributed by atoms with Gasteiger partial charge in [0.05, 0.1) is 18.4 Å². The Morgan fingerprint density at radius 1 is 1.17 bits per heavy atom. The summed E-state index contributed by atoms with van der Waals surface area (Å²) >= 11 is 0. The molecule has 29 heavy (non-hydrogen) atoms. The topological polar surface area (TPSA) is 105 Å². The lowest BCUT2D eigenvalue weighted by Crippen LogP contribution is -2.28. The molecule has 1 unspecified atom stereocenters. The average molecular weight is 421 g/mol. The molecule has 0 saturated heterocycles. The van der Waals surface area contributed by atoms with Gasteiger partial charge in [-0.1, -0.05) is 25.5 Å². The molecule has 0 aliphatic rings. The van der Waals surface area contributed by atoms with Crippen molar-refractivity contribution in [2.75, 3.05) is 19.0 Å². The smallest absolute Gasteiger partial charge is 0.335 e. The minimum atomic E-state index is -3.89. The summed E-state index contributed by atoms with van der Waals surface area (Å²) in [5.41, 5.74) is 1.28. The van der Waals surface area contributed by atoms with Crippen LogP contribution in [-0.2, 0) is 16.4 Å². The number of carboxylic acids is 1. The normalized spacial score (nSPS) is 12.4. The van der Waals surface area contributed by atoms with Crippen LogP contribution in [0, 0.1) is 0 Å². The Labute approximate surface area is 172 Å². The second-order valence-electron chi connectivity index (χ2n) is 6.85.